The van der Waals surface area contributed by atoms with Gasteiger partial charge in [-0.25, -0.2) is 0 Å². The minimum atomic E-state index is -2.23. The molecule has 3 aromatic carbocycles. The highest BCUT2D eigenvalue weighted by molar-refractivity contribution is 7.97. The van der Waals surface area contributed by atoms with Crippen molar-refractivity contribution in [3.8, 4) is 0 Å². The van der Waals surface area contributed by atoms with E-state index in [4.69, 9.17) is 0 Å². The van der Waals surface area contributed by atoms with E-state index in [0.717, 1.165) is 12.1 Å². The number of carbonyl (C=O) groups excluding carboxylic acids is 1. The average Bonchev–Trinajstić information content (AvgIpc) is 3.24. The van der Waals surface area contributed by atoms with Gasteiger partial charge in [0.1, 0.15) is 23.2 Å². The maximum atomic E-state index is 14.0. The van der Waals surface area contributed by atoms with E-state index in [1.807, 2.05) is 35.2 Å². The Labute approximate surface area is 183 Å². The molecule has 1 aromatic heterocycles. The van der Waals surface area contributed by atoms with Crippen molar-refractivity contribution in [2.75, 3.05) is 11.4 Å². The molecule has 1 fully saturated rings. The quantitative estimate of drug-likeness (QED) is 0.451. The molecule has 0 aliphatic carbocycles. The molecule has 152 valence electrons. The van der Waals surface area contributed by atoms with Gasteiger partial charge in [0.05, 0.1) is 11.9 Å². The van der Waals surface area contributed by atoms with Crippen LogP contribution in [0.15, 0.2) is 116 Å². The molecule has 2 heterocycles. The van der Waals surface area contributed by atoms with Crippen molar-refractivity contribution in [2.24, 2.45) is 0 Å². The van der Waals surface area contributed by atoms with Crippen molar-refractivity contribution in [1.29, 1.82) is 0 Å². The minimum absolute atomic E-state index is 0.111. The Bertz CT molecular complexity index is 1050. The van der Waals surface area contributed by atoms with Crippen LogP contribution >= 0.6 is 7.26 Å². The number of pyridine rings is 1. The topological polar surface area (TPSA) is 33.2 Å². The zero-order chi connectivity index (χ0) is 21.1. The lowest BCUT2D eigenvalue weighted by atomic mass is 10.3. The predicted molar refractivity (Wildman–Crippen MR) is 130 cm³/mol. The number of carbonyl (C=O) groups is 1. The second-order valence-electron chi connectivity index (χ2n) is 7.73. The lowest BCUT2D eigenvalue weighted by molar-refractivity contribution is -0.116. The second kappa shape index (κ2) is 8.45. The molecule has 0 saturated carbocycles. The highest BCUT2D eigenvalue weighted by atomic mass is 31.2. The molecule has 0 bridgehead atoms. The Morgan fingerprint density at radius 1 is 0.710 bits per heavy atom. The summed E-state index contributed by atoms with van der Waals surface area (Å²) in [5.41, 5.74) is 0.766. The first-order valence-corrected chi connectivity index (χ1v) is 12.4. The van der Waals surface area contributed by atoms with E-state index in [1.54, 1.807) is 12.4 Å². The van der Waals surface area contributed by atoms with Gasteiger partial charge in [-0.05, 0) is 48.5 Å². The average molecular weight is 423 g/mol. The number of nitrogens with zero attached hydrogens (tertiary/aromatic N) is 2. The van der Waals surface area contributed by atoms with E-state index in [2.05, 4.69) is 77.8 Å². The lowest BCUT2D eigenvalue weighted by Gasteiger charge is -2.31. The van der Waals surface area contributed by atoms with E-state index in [1.165, 1.54) is 15.9 Å². The smallest absolute Gasteiger partial charge is 0.269 e. The first-order chi connectivity index (χ1) is 15.3. The maximum absolute atomic E-state index is 14.0. The van der Waals surface area contributed by atoms with Gasteiger partial charge in [-0.2, -0.15) is 0 Å². The van der Waals surface area contributed by atoms with Crippen molar-refractivity contribution in [3.63, 3.8) is 0 Å². The van der Waals surface area contributed by atoms with Gasteiger partial charge in [-0.3, -0.25) is 9.78 Å². The zero-order valence-corrected chi connectivity index (χ0v) is 18.1. The van der Waals surface area contributed by atoms with Crippen molar-refractivity contribution >= 4 is 34.8 Å². The molecular weight excluding hydrogens is 399 g/mol. The molecule has 1 aliphatic heterocycles. The molecule has 1 atom stereocenters. The molecule has 0 N–H and O–H groups in total. The van der Waals surface area contributed by atoms with E-state index in [9.17, 15) is 4.79 Å². The summed E-state index contributed by atoms with van der Waals surface area (Å²) >= 11 is 0. The summed E-state index contributed by atoms with van der Waals surface area (Å²) in [5, 5.41) is 3.75. The van der Waals surface area contributed by atoms with Crippen LogP contribution in [0.5, 0.6) is 0 Å². The summed E-state index contributed by atoms with van der Waals surface area (Å²) in [6.45, 7) is 0.712. The van der Waals surface area contributed by atoms with Crippen LogP contribution in [0.3, 0.4) is 0 Å². The van der Waals surface area contributed by atoms with Gasteiger partial charge in [-0.15, -0.1) is 0 Å². The summed E-state index contributed by atoms with van der Waals surface area (Å²) in [5.74, 6) is 0.192. The van der Waals surface area contributed by atoms with Gasteiger partial charge >= 0.3 is 0 Å². The first-order valence-electron chi connectivity index (χ1n) is 10.6. The number of benzene rings is 3. The summed E-state index contributed by atoms with van der Waals surface area (Å²) < 4.78 is 0. The Morgan fingerprint density at radius 2 is 1.23 bits per heavy atom. The van der Waals surface area contributed by atoms with Crippen LogP contribution in [-0.2, 0) is 4.79 Å². The molecule has 31 heavy (non-hydrogen) atoms. The number of rotatable bonds is 5. The molecule has 0 radical (unpaired) electrons. The largest absolute Gasteiger partial charge is 0.307 e. The molecule has 1 amide bonds. The molecular formula is C27H24N2OP+. The molecule has 1 unspecified atom stereocenters. The number of hydrogen-bond acceptors (Lipinski definition) is 2. The minimum Gasteiger partial charge on any atom is -0.307 e. The van der Waals surface area contributed by atoms with E-state index < -0.39 is 7.26 Å². The van der Waals surface area contributed by atoms with E-state index >= 15 is 0 Å². The van der Waals surface area contributed by atoms with Gasteiger partial charge in [0.25, 0.3) is 5.91 Å². The van der Waals surface area contributed by atoms with Gasteiger partial charge in [0.2, 0.25) is 0 Å². The van der Waals surface area contributed by atoms with E-state index in [0.29, 0.717) is 6.54 Å². The van der Waals surface area contributed by atoms with Crippen LogP contribution in [0.4, 0.5) is 5.69 Å². The van der Waals surface area contributed by atoms with Crippen LogP contribution < -0.4 is 20.8 Å². The lowest BCUT2D eigenvalue weighted by Crippen LogP contribution is -2.42. The van der Waals surface area contributed by atoms with Crippen molar-refractivity contribution in [2.45, 2.75) is 12.1 Å². The summed E-state index contributed by atoms with van der Waals surface area (Å²) in [7, 11) is -2.23. The SMILES string of the molecule is O=C1C([P+](c2ccccc2)(c2ccccc2)c2ccccc2)CCN1c1cccnc1. The standard InChI is InChI=1S/C27H24N2OP/c30-27-26(18-20-29(27)22-11-10-19-28-21-22)31(23-12-4-1-5-13-23,24-14-6-2-7-15-24)25-16-8-3-9-17-25/h1-17,19,21,26H,18,20H2/q+1. The van der Waals surface area contributed by atoms with Crippen LogP contribution in [-0.4, -0.2) is 23.1 Å². The van der Waals surface area contributed by atoms with Gasteiger partial charge in [-0.1, -0.05) is 54.6 Å². The summed E-state index contributed by atoms with van der Waals surface area (Å²) in [6.07, 6.45) is 4.35. The molecule has 1 aliphatic rings. The first kappa shape index (κ1) is 19.7. The molecule has 4 aromatic rings. The van der Waals surface area contributed by atoms with Crippen LogP contribution in [0.2, 0.25) is 0 Å². The summed E-state index contributed by atoms with van der Waals surface area (Å²) in [4.78, 5) is 20.2. The zero-order valence-electron chi connectivity index (χ0n) is 17.2. The number of anilines is 1. The normalized spacial score (nSPS) is 16.5. The Hall–Kier alpha value is -3.29. The fourth-order valence-corrected chi connectivity index (χ4v) is 9.65. The third kappa shape index (κ3) is 3.36. The van der Waals surface area contributed by atoms with Gasteiger partial charge in [0, 0.05) is 19.2 Å². The number of amides is 1. The third-order valence-corrected chi connectivity index (χ3v) is 10.8. The molecule has 5 rings (SSSR count). The van der Waals surface area contributed by atoms with Gasteiger partial charge < -0.3 is 4.90 Å². The van der Waals surface area contributed by atoms with Crippen LogP contribution in [0.25, 0.3) is 0 Å². The number of hydrogen-bond donors (Lipinski definition) is 0. The predicted octanol–water partition coefficient (Wildman–Crippen LogP) is 4.18. The molecule has 3 nitrogen and oxygen atoms in total. The number of aromatic nitrogens is 1. The van der Waals surface area contributed by atoms with Crippen LogP contribution in [0.1, 0.15) is 6.42 Å². The highest BCUT2D eigenvalue weighted by Crippen LogP contribution is 2.62. The Kier molecular flexibility index (Phi) is 5.36. The highest BCUT2D eigenvalue weighted by Gasteiger charge is 2.58. The molecule has 0 spiro atoms. The van der Waals surface area contributed by atoms with Crippen molar-refractivity contribution < 1.29 is 4.79 Å². The summed E-state index contributed by atoms with van der Waals surface area (Å²) in [6, 6.07) is 35.8. The molecule has 1 saturated heterocycles. The molecule has 4 heteroatoms. The van der Waals surface area contributed by atoms with Crippen molar-refractivity contribution in [1.82, 2.24) is 4.98 Å². The van der Waals surface area contributed by atoms with Crippen molar-refractivity contribution in [3.05, 3.63) is 116 Å². The second-order valence-corrected chi connectivity index (χ2v) is 11.4. The maximum Gasteiger partial charge on any atom is 0.269 e. The van der Waals surface area contributed by atoms with Gasteiger partial charge in [0.15, 0.2) is 5.66 Å². The fourth-order valence-electron chi connectivity index (χ4n) is 4.77. The fraction of sp³-hybridized carbons (Fsp3) is 0.111. The van der Waals surface area contributed by atoms with E-state index in [-0.39, 0.29) is 11.6 Å². The monoisotopic (exact) mass is 423 g/mol. The van der Waals surface area contributed by atoms with Crippen LogP contribution in [0, 0.1) is 0 Å². The Morgan fingerprint density at radius 3 is 1.68 bits per heavy atom. The Balaban J connectivity index is 1.74. The third-order valence-electron chi connectivity index (χ3n) is 6.09.